The summed E-state index contributed by atoms with van der Waals surface area (Å²) < 4.78 is 4.76. The van der Waals surface area contributed by atoms with E-state index in [0.29, 0.717) is 29.6 Å². The number of ether oxygens (including phenoxy) is 1. The van der Waals surface area contributed by atoms with Crippen molar-refractivity contribution < 1.29 is 24.5 Å². The number of esters is 1. The van der Waals surface area contributed by atoms with E-state index < -0.39 is 11.9 Å². The molecule has 3 unspecified atom stereocenters. The van der Waals surface area contributed by atoms with Crippen LogP contribution in [0, 0.1) is 46.3 Å². The summed E-state index contributed by atoms with van der Waals surface area (Å²) in [6.45, 7) is 4.85. The van der Waals surface area contributed by atoms with Gasteiger partial charge in [0.1, 0.15) is 0 Å². The Morgan fingerprint density at radius 1 is 1.00 bits per heavy atom. The Morgan fingerprint density at radius 3 is 2.40 bits per heavy atom. The molecular formula is C25H40O5. The van der Waals surface area contributed by atoms with E-state index in [9.17, 15) is 19.8 Å². The highest BCUT2D eigenvalue weighted by Gasteiger charge is 2.61. The Hall–Kier alpha value is -1.10. The maximum absolute atomic E-state index is 12.2. The van der Waals surface area contributed by atoms with Crippen LogP contribution in [0.2, 0.25) is 0 Å². The monoisotopic (exact) mass is 420 g/mol. The fourth-order valence-corrected chi connectivity index (χ4v) is 8.81. The zero-order chi connectivity index (χ0) is 21.7. The fraction of sp³-hybridized carbons (Fsp3) is 0.920. The van der Waals surface area contributed by atoms with E-state index in [2.05, 4.69) is 13.8 Å². The predicted molar refractivity (Wildman–Crippen MR) is 114 cm³/mol. The molecular weight excluding hydrogens is 380 g/mol. The summed E-state index contributed by atoms with van der Waals surface area (Å²) in [6, 6.07) is 0. The maximum Gasteiger partial charge on any atom is 0.306 e. The third-order valence-corrected chi connectivity index (χ3v) is 10.4. The Labute approximate surface area is 180 Å². The zero-order valence-corrected chi connectivity index (χ0v) is 18.9. The van der Waals surface area contributed by atoms with Gasteiger partial charge in [-0.2, -0.15) is 0 Å². The average molecular weight is 421 g/mol. The van der Waals surface area contributed by atoms with Gasteiger partial charge in [0.15, 0.2) is 0 Å². The van der Waals surface area contributed by atoms with Gasteiger partial charge in [-0.05, 0) is 105 Å². The molecule has 5 nitrogen and oxygen atoms in total. The molecule has 0 aromatic heterocycles. The second kappa shape index (κ2) is 8.11. The number of carboxylic acids is 1. The molecule has 0 amide bonds. The molecule has 170 valence electrons. The summed E-state index contributed by atoms with van der Waals surface area (Å²) in [4.78, 5) is 23.8. The van der Waals surface area contributed by atoms with E-state index in [1.807, 2.05) is 0 Å². The summed E-state index contributed by atoms with van der Waals surface area (Å²) in [7, 11) is 1.37. The first-order chi connectivity index (χ1) is 14.2. The van der Waals surface area contributed by atoms with Crippen LogP contribution < -0.4 is 0 Å². The molecule has 0 radical (unpaired) electrons. The molecule has 0 heterocycles. The molecule has 0 bridgehead atoms. The van der Waals surface area contributed by atoms with Crippen LogP contribution >= 0.6 is 0 Å². The lowest BCUT2D eigenvalue weighted by molar-refractivity contribution is -0.152. The number of aliphatic hydroxyl groups excluding tert-OH is 1. The van der Waals surface area contributed by atoms with Crippen molar-refractivity contribution in [1.29, 1.82) is 0 Å². The molecule has 0 aliphatic heterocycles. The summed E-state index contributed by atoms with van der Waals surface area (Å²) in [6.07, 6.45) is 10.4. The molecule has 4 aliphatic carbocycles. The van der Waals surface area contributed by atoms with Crippen LogP contribution in [0.4, 0.5) is 0 Å². The lowest BCUT2D eigenvalue weighted by Crippen LogP contribution is -2.54. The smallest absolute Gasteiger partial charge is 0.306 e. The Balaban J connectivity index is 1.53. The number of fused-ring (bicyclic) bond motifs is 5. The van der Waals surface area contributed by atoms with Crippen LogP contribution in [0.15, 0.2) is 0 Å². The molecule has 9 atom stereocenters. The van der Waals surface area contributed by atoms with Crippen molar-refractivity contribution in [2.45, 2.75) is 90.6 Å². The van der Waals surface area contributed by atoms with Crippen molar-refractivity contribution in [2.75, 3.05) is 7.11 Å². The number of aliphatic carboxylic acids is 1. The summed E-state index contributed by atoms with van der Waals surface area (Å²) >= 11 is 0. The van der Waals surface area contributed by atoms with Crippen LogP contribution in [0.5, 0.6) is 0 Å². The van der Waals surface area contributed by atoms with Crippen LogP contribution in [-0.2, 0) is 14.3 Å². The van der Waals surface area contributed by atoms with Gasteiger partial charge in [0.05, 0.1) is 19.1 Å². The molecule has 4 saturated carbocycles. The van der Waals surface area contributed by atoms with Crippen molar-refractivity contribution in [2.24, 2.45) is 46.3 Å². The number of hydrogen-bond acceptors (Lipinski definition) is 4. The minimum Gasteiger partial charge on any atom is -0.481 e. The number of aliphatic hydroxyl groups is 1. The van der Waals surface area contributed by atoms with Gasteiger partial charge in [0.25, 0.3) is 0 Å². The van der Waals surface area contributed by atoms with E-state index in [1.165, 1.54) is 26.4 Å². The highest BCUT2D eigenvalue weighted by Crippen LogP contribution is 2.68. The summed E-state index contributed by atoms with van der Waals surface area (Å²) in [5.74, 6) is 1.32. The first-order valence-corrected chi connectivity index (χ1v) is 12.2. The van der Waals surface area contributed by atoms with Gasteiger partial charge in [0.2, 0.25) is 0 Å². The standard InChI is InChI=1S/C25H40O5/c1-24-12-10-16(26)14-15(24)4-5-17-19-7-8-20(25(19,2)13-11-21(17)24)18(23(28)29)6-9-22(27)30-3/h15-21,26H,4-14H2,1-3H3,(H,28,29)/t15-,16-,17?,18+,19?,20-,21?,24-,25-/m0/s1. The topological polar surface area (TPSA) is 83.8 Å². The predicted octanol–water partition coefficient (Wildman–Crippen LogP) is 4.66. The van der Waals surface area contributed by atoms with Gasteiger partial charge in [-0.1, -0.05) is 13.8 Å². The average Bonchev–Trinajstić information content (AvgIpc) is 3.05. The van der Waals surface area contributed by atoms with E-state index in [1.54, 1.807) is 0 Å². The van der Waals surface area contributed by atoms with Gasteiger partial charge in [-0.25, -0.2) is 0 Å². The molecule has 0 saturated heterocycles. The Morgan fingerprint density at radius 2 is 1.70 bits per heavy atom. The largest absolute Gasteiger partial charge is 0.481 e. The first-order valence-electron chi connectivity index (χ1n) is 12.2. The van der Waals surface area contributed by atoms with Crippen molar-refractivity contribution in [3.05, 3.63) is 0 Å². The lowest BCUT2D eigenvalue weighted by atomic mass is 9.44. The minimum absolute atomic E-state index is 0.0672. The second-order valence-corrected chi connectivity index (χ2v) is 11.4. The number of hydrogen-bond donors (Lipinski definition) is 2. The van der Waals surface area contributed by atoms with E-state index >= 15 is 0 Å². The summed E-state index contributed by atoms with van der Waals surface area (Å²) in [5, 5.41) is 20.2. The van der Waals surface area contributed by atoms with Crippen molar-refractivity contribution in [3.8, 4) is 0 Å². The molecule has 4 rings (SSSR count). The number of rotatable bonds is 5. The summed E-state index contributed by atoms with van der Waals surface area (Å²) in [5.41, 5.74) is 0.413. The van der Waals surface area contributed by atoms with Crippen LogP contribution in [0.1, 0.15) is 84.5 Å². The molecule has 5 heteroatoms. The molecule has 4 aliphatic rings. The quantitative estimate of drug-likeness (QED) is 0.632. The fourth-order valence-electron chi connectivity index (χ4n) is 8.81. The van der Waals surface area contributed by atoms with Gasteiger partial charge in [-0.15, -0.1) is 0 Å². The van der Waals surface area contributed by atoms with Crippen molar-refractivity contribution in [3.63, 3.8) is 0 Å². The Kier molecular flexibility index (Phi) is 5.97. The zero-order valence-electron chi connectivity index (χ0n) is 18.9. The van der Waals surface area contributed by atoms with E-state index in [-0.39, 0.29) is 29.8 Å². The van der Waals surface area contributed by atoms with Gasteiger partial charge in [-0.3, -0.25) is 9.59 Å². The minimum atomic E-state index is -0.746. The van der Waals surface area contributed by atoms with Crippen LogP contribution in [-0.4, -0.2) is 35.4 Å². The number of carbonyl (C=O) groups excluding carboxylic acids is 1. The lowest BCUT2D eigenvalue weighted by Gasteiger charge is -2.61. The van der Waals surface area contributed by atoms with Gasteiger partial charge >= 0.3 is 11.9 Å². The second-order valence-electron chi connectivity index (χ2n) is 11.4. The highest BCUT2D eigenvalue weighted by molar-refractivity contribution is 5.73. The van der Waals surface area contributed by atoms with Crippen molar-refractivity contribution >= 4 is 11.9 Å². The van der Waals surface area contributed by atoms with Crippen LogP contribution in [0.25, 0.3) is 0 Å². The molecule has 0 aromatic carbocycles. The van der Waals surface area contributed by atoms with Crippen LogP contribution in [0.3, 0.4) is 0 Å². The first kappa shape index (κ1) is 22.1. The highest BCUT2D eigenvalue weighted by atomic mass is 16.5. The molecule has 0 spiro atoms. The maximum atomic E-state index is 12.2. The van der Waals surface area contributed by atoms with E-state index in [4.69, 9.17) is 4.74 Å². The third kappa shape index (κ3) is 3.49. The SMILES string of the molecule is COC(=O)CC[C@@H](C(=O)O)[C@@H]1CCC2C3CC[C@H]4C[C@@H](O)CC[C@]4(C)C3CC[C@@]21C. The number of methoxy groups -OCH3 is 1. The normalized spacial score (nSPS) is 46.3. The van der Waals surface area contributed by atoms with Crippen molar-refractivity contribution in [1.82, 2.24) is 0 Å². The van der Waals surface area contributed by atoms with E-state index in [0.717, 1.165) is 44.4 Å². The molecule has 0 aromatic rings. The number of carboxylic acid groups (broad SMARTS) is 1. The van der Waals surface area contributed by atoms with Gasteiger partial charge in [0, 0.05) is 6.42 Å². The third-order valence-electron chi connectivity index (χ3n) is 10.4. The molecule has 4 fully saturated rings. The molecule has 30 heavy (non-hydrogen) atoms. The number of carbonyl (C=O) groups is 2. The Bertz CT molecular complexity index is 676. The van der Waals surface area contributed by atoms with Gasteiger partial charge < -0.3 is 14.9 Å². The molecule has 2 N–H and O–H groups in total.